The number of aromatic hydroxyl groups is 1. The fraction of sp³-hybridized carbons (Fsp3) is 0.263. The summed E-state index contributed by atoms with van der Waals surface area (Å²) < 4.78 is 1.05. The minimum absolute atomic E-state index is 0.0945. The van der Waals surface area contributed by atoms with Crippen LogP contribution in [-0.4, -0.2) is 34.0 Å². The van der Waals surface area contributed by atoms with Crippen molar-refractivity contribution in [1.29, 1.82) is 0 Å². The fourth-order valence-corrected chi connectivity index (χ4v) is 3.59. The molecule has 0 fully saturated rings. The lowest BCUT2D eigenvalue weighted by atomic mass is 10.2. The number of nitrogens with one attached hydrogen (secondary N) is 1. The number of hydrogen-bond donors (Lipinski definition) is 2. The summed E-state index contributed by atoms with van der Waals surface area (Å²) in [5.41, 5.74) is 1.71. The Balaban J connectivity index is 1.64. The van der Waals surface area contributed by atoms with Crippen LogP contribution >= 0.6 is 11.3 Å². The number of amides is 1. The topological polar surface area (TPSA) is 65.5 Å². The molecule has 0 spiro atoms. The Morgan fingerprint density at radius 1 is 1.20 bits per heavy atom. The second-order valence-corrected chi connectivity index (χ2v) is 6.90. The van der Waals surface area contributed by atoms with Crippen molar-refractivity contribution in [2.75, 3.05) is 18.4 Å². The molecule has 0 aliphatic heterocycles. The largest absolute Gasteiger partial charge is 0.508 e. The number of phenolic OH excluding ortho intramolecular Hbond substituents is 1. The molecule has 2 aromatic carbocycles. The van der Waals surface area contributed by atoms with Crippen molar-refractivity contribution in [2.45, 2.75) is 19.9 Å². The highest BCUT2D eigenvalue weighted by Crippen LogP contribution is 2.25. The third kappa shape index (κ3) is 4.55. The molecule has 0 unspecified atom stereocenters. The van der Waals surface area contributed by atoms with Gasteiger partial charge in [-0.3, -0.25) is 9.69 Å². The van der Waals surface area contributed by atoms with Gasteiger partial charge in [0.15, 0.2) is 5.13 Å². The van der Waals surface area contributed by atoms with Crippen molar-refractivity contribution in [3.05, 3.63) is 54.1 Å². The molecule has 0 saturated heterocycles. The second kappa shape index (κ2) is 8.09. The molecule has 3 aromatic rings. The molecule has 25 heavy (non-hydrogen) atoms. The van der Waals surface area contributed by atoms with Crippen LogP contribution in [0.1, 0.15) is 18.9 Å². The first-order valence-corrected chi connectivity index (χ1v) is 9.12. The van der Waals surface area contributed by atoms with Crippen LogP contribution in [0, 0.1) is 0 Å². The zero-order valence-corrected chi connectivity index (χ0v) is 14.9. The predicted molar refractivity (Wildman–Crippen MR) is 102 cm³/mol. The number of benzene rings is 2. The van der Waals surface area contributed by atoms with Gasteiger partial charge in [0, 0.05) is 12.1 Å². The molecule has 0 radical (unpaired) electrons. The van der Waals surface area contributed by atoms with E-state index < -0.39 is 0 Å². The quantitative estimate of drug-likeness (QED) is 0.675. The number of thiazole rings is 1. The lowest BCUT2D eigenvalue weighted by molar-refractivity contribution is -0.117. The molecule has 1 amide bonds. The minimum atomic E-state index is -0.0945. The maximum absolute atomic E-state index is 12.4. The van der Waals surface area contributed by atoms with E-state index in [2.05, 4.69) is 17.2 Å². The Hall–Kier alpha value is -2.44. The molecular formula is C19H21N3O2S. The average Bonchev–Trinajstić information content (AvgIpc) is 2.99. The van der Waals surface area contributed by atoms with Gasteiger partial charge in [-0.25, -0.2) is 4.98 Å². The van der Waals surface area contributed by atoms with Crippen LogP contribution in [0.2, 0.25) is 0 Å². The van der Waals surface area contributed by atoms with Gasteiger partial charge >= 0.3 is 0 Å². The van der Waals surface area contributed by atoms with Crippen molar-refractivity contribution in [3.8, 4) is 5.75 Å². The second-order valence-electron chi connectivity index (χ2n) is 5.87. The van der Waals surface area contributed by atoms with Crippen LogP contribution < -0.4 is 5.32 Å². The van der Waals surface area contributed by atoms with Crippen LogP contribution in [0.3, 0.4) is 0 Å². The molecular weight excluding hydrogens is 334 g/mol. The van der Waals surface area contributed by atoms with E-state index in [1.807, 2.05) is 41.3 Å². The van der Waals surface area contributed by atoms with E-state index in [1.165, 1.54) is 11.3 Å². The Morgan fingerprint density at radius 3 is 2.72 bits per heavy atom. The summed E-state index contributed by atoms with van der Waals surface area (Å²) in [6.45, 7) is 3.65. The molecule has 1 aromatic heterocycles. The molecule has 0 saturated carbocycles. The molecule has 3 rings (SSSR count). The number of aromatic nitrogens is 1. The highest BCUT2D eigenvalue weighted by Gasteiger charge is 2.14. The summed E-state index contributed by atoms with van der Waals surface area (Å²) in [4.78, 5) is 18.9. The summed E-state index contributed by atoms with van der Waals surface area (Å²) in [7, 11) is 0. The number of nitrogens with zero attached hydrogens (tertiary/aromatic N) is 2. The van der Waals surface area contributed by atoms with Gasteiger partial charge < -0.3 is 10.4 Å². The molecule has 0 bridgehead atoms. The molecule has 6 heteroatoms. The van der Waals surface area contributed by atoms with Gasteiger partial charge in [0.25, 0.3) is 0 Å². The minimum Gasteiger partial charge on any atom is -0.508 e. The van der Waals surface area contributed by atoms with Gasteiger partial charge in [-0.05, 0) is 31.2 Å². The van der Waals surface area contributed by atoms with E-state index in [0.717, 1.165) is 28.7 Å². The van der Waals surface area contributed by atoms with Crippen molar-refractivity contribution in [2.24, 2.45) is 0 Å². The van der Waals surface area contributed by atoms with E-state index in [4.69, 9.17) is 0 Å². The first kappa shape index (κ1) is 17.4. The van der Waals surface area contributed by atoms with Gasteiger partial charge in [0.1, 0.15) is 5.75 Å². The molecule has 0 aliphatic carbocycles. The first-order chi connectivity index (χ1) is 12.2. The van der Waals surface area contributed by atoms with Gasteiger partial charge in [-0.1, -0.05) is 48.6 Å². The summed E-state index contributed by atoms with van der Waals surface area (Å²) in [6.07, 6.45) is 0.933. The summed E-state index contributed by atoms with van der Waals surface area (Å²) >= 11 is 1.47. The van der Waals surface area contributed by atoms with Crippen LogP contribution in [-0.2, 0) is 11.3 Å². The maximum atomic E-state index is 12.4. The molecule has 5 nitrogen and oxygen atoms in total. The van der Waals surface area contributed by atoms with Crippen molar-refractivity contribution < 1.29 is 9.90 Å². The molecule has 0 atom stereocenters. The lowest BCUT2D eigenvalue weighted by Gasteiger charge is -2.21. The van der Waals surface area contributed by atoms with Crippen LogP contribution in [0.4, 0.5) is 5.13 Å². The standard InChI is InChI=1S/C19H21N3O2S/c1-2-11-22(12-14-7-3-5-9-16(14)23)13-18(24)21-19-20-15-8-4-6-10-17(15)25-19/h3-10,23H,2,11-13H2,1H3,(H,20,21,24). The normalized spacial score (nSPS) is 11.1. The Morgan fingerprint density at radius 2 is 1.96 bits per heavy atom. The SMILES string of the molecule is CCCN(CC(=O)Nc1nc2ccccc2s1)Cc1ccccc1O. The Bertz CT molecular complexity index is 830. The summed E-state index contributed by atoms with van der Waals surface area (Å²) in [5, 5.41) is 13.4. The highest BCUT2D eigenvalue weighted by atomic mass is 32.1. The highest BCUT2D eigenvalue weighted by molar-refractivity contribution is 7.22. The number of carbonyl (C=O) groups is 1. The summed E-state index contributed by atoms with van der Waals surface area (Å²) in [6, 6.07) is 15.0. The molecule has 1 heterocycles. The van der Waals surface area contributed by atoms with Crippen LogP contribution in [0.25, 0.3) is 10.2 Å². The van der Waals surface area contributed by atoms with E-state index >= 15 is 0 Å². The number of hydrogen-bond acceptors (Lipinski definition) is 5. The van der Waals surface area contributed by atoms with Crippen molar-refractivity contribution in [3.63, 3.8) is 0 Å². The Labute approximate surface area is 150 Å². The van der Waals surface area contributed by atoms with E-state index in [0.29, 0.717) is 11.7 Å². The predicted octanol–water partition coefficient (Wildman–Crippen LogP) is 3.85. The number of fused-ring (bicyclic) bond motifs is 1. The third-order valence-electron chi connectivity index (χ3n) is 3.83. The zero-order chi connectivity index (χ0) is 17.6. The number of carbonyl (C=O) groups excluding carboxylic acids is 1. The monoisotopic (exact) mass is 355 g/mol. The maximum Gasteiger partial charge on any atom is 0.240 e. The number of anilines is 1. The smallest absolute Gasteiger partial charge is 0.240 e. The first-order valence-electron chi connectivity index (χ1n) is 8.30. The van der Waals surface area contributed by atoms with Crippen molar-refractivity contribution >= 4 is 32.6 Å². The van der Waals surface area contributed by atoms with Crippen LogP contribution in [0.15, 0.2) is 48.5 Å². The summed E-state index contributed by atoms with van der Waals surface area (Å²) in [5.74, 6) is 0.165. The van der Waals surface area contributed by atoms with Gasteiger partial charge in [0.05, 0.1) is 16.8 Å². The third-order valence-corrected chi connectivity index (χ3v) is 4.78. The Kier molecular flexibility index (Phi) is 5.63. The van der Waals surface area contributed by atoms with E-state index in [1.54, 1.807) is 12.1 Å². The van der Waals surface area contributed by atoms with Crippen molar-refractivity contribution in [1.82, 2.24) is 9.88 Å². The van der Waals surface area contributed by atoms with E-state index in [-0.39, 0.29) is 18.2 Å². The lowest BCUT2D eigenvalue weighted by Crippen LogP contribution is -2.33. The molecule has 2 N–H and O–H groups in total. The van der Waals surface area contributed by atoms with Crippen LogP contribution in [0.5, 0.6) is 5.75 Å². The van der Waals surface area contributed by atoms with Gasteiger partial charge in [0.2, 0.25) is 5.91 Å². The number of phenols is 1. The molecule has 130 valence electrons. The van der Waals surface area contributed by atoms with Gasteiger partial charge in [-0.2, -0.15) is 0 Å². The van der Waals surface area contributed by atoms with E-state index in [9.17, 15) is 9.90 Å². The average molecular weight is 355 g/mol. The number of rotatable bonds is 7. The zero-order valence-electron chi connectivity index (χ0n) is 14.1. The molecule has 0 aliphatic rings. The fourth-order valence-electron chi connectivity index (χ4n) is 2.70. The number of para-hydroxylation sites is 2. The van der Waals surface area contributed by atoms with Gasteiger partial charge in [-0.15, -0.1) is 0 Å².